The average Bonchev–Trinajstić information content (AvgIpc) is 2.60. The van der Waals surface area contributed by atoms with Crippen molar-refractivity contribution in [3.8, 4) is 0 Å². The maximum atomic E-state index is 11.7. The molecule has 2 heterocycles. The lowest BCUT2D eigenvalue weighted by atomic mass is 10.3. The standard InChI is InChI=1S/C9H8ClN3OS/c1-6-3-2-4-13(9(6)14)5-7-8(10)15-12-11-7/h2-4H,5H2,1H3. The molecule has 2 rings (SSSR count). The molecule has 0 aliphatic rings. The smallest absolute Gasteiger partial charge is 0.253 e. The molecular weight excluding hydrogens is 234 g/mol. The molecule has 0 radical (unpaired) electrons. The van der Waals surface area contributed by atoms with Gasteiger partial charge in [0.2, 0.25) is 0 Å². The topological polar surface area (TPSA) is 47.8 Å². The van der Waals surface area contributed by atoms with E-state index in [4.69, 9.17) is 11.6 Å². The van der Waals surface area contributed by atoms with Gasteiger partial charge in [-0.25, -0.2) is 0 Å². The first-order valence-electron chi connectivity index (χ1n) is 4.31. The van der Waals surface area contributed by atoms with Crippen LogP contribution in [-0.2, 0) is 6.54 Å². The summed E-state index contributed by atoms with van der Waals surface area (Å²) in [5.41, 5.74) is 1.31. The van der Waals surface area contributed by atoms with Crippen molar-refractivity contribution in [3.63, 3.8) is 0 Å². The molecule has 0 atom stereocenters. The predicted molar refractivity (Wildman–Crippen MR) is 59.5 cm³/mol. The van der Waals surface area contributed by atoms with E-state index >= 15 is 0 Å². The molecule has 6 heteroatoms. The fourth-order valence-electron chi connectivity index (χ4n) is 1.23. The normalized spacial score (nSPS) is 10.5. The zero-order chi connectivity index (χ0) is 10.8. The Labute approximate surface area is 95.3 Å². The molecule has 0 unspecified atom stereocenters. The molecule has 0 bridgehead atoms. The SMILES string of the molecule is Cc1cccn(Cc2nnsc2Cl)c1=O. The number of aryl methyl sites for hydroxylation is 1. The van der Waals surface area contributed by atoms with Crippen LogP contribution in [0.3, 0.4) is 0 Å². The first-order chi connectivity index (χ1) is 7.18. The van der Waals surface area contributed by atoms with Gasteiger partial charge in [-0.1, -0.05) is 22.2 Å². The molecule has 0 aliphatic heterocycles. The first-order valence-corrected chi connectivity index (χ1v) is 5.46. The number of halogens is 1. The van der Waals surface area contributed by atoms with E-state index < -0.39 is 0 Å². The van der Waals surface area contributed by atoms with Crippen molar-refractivity contribution in [3.05, 3.63) is 44.3 Å². The maximum absolute atomic E-state index is 11.7. The summed E-state index contributed by atoms with van der Waals surface area (Å²) in [6.07, 6.45) is 1.71. The van der Waals surface area contributed by atoms with Crippen LogP contribution < -0.4 is 5.56 Å². The summed E-state index contributed by atoms with van der Waals surface area (Å²) >= 11 is 6.98. The van der Waals surface area contributed by atoms with Crippen LogP contribution in [0.5, 0.6) is 0 Å². The van der Waals surface area contributed by atoms with Crippen LogP contribution in [0.4, 0.5) is 0 Å². The third-order valence-electron chi connectivity index (χ3n) is 2.04. The van der Waals surface area contributed by atoms with Crippen LogP contribution in [0.2, 0.25) is 4.34 Å². The fourth-order valence-corrected chi connectivity index (χ4v) is 1.85. The first kappa shape index (κ1) is 10.3. The highest BCUT2D eigenvalue weighted by Gasteiger charge is 2.07. The summed E-state index contributed by atoms with van der Waals surface area (Å²) in [7, 11) is 0. The third-order valence-corrected chi connectivity index (χ3v) is 3.02. The van der Waals surface area contributed by atoms with Gasteiger partial charge in [0.1, 0.15) is 10.0 Å². The van der Waals surface area contributed by atoms with Gasteiger partial charge in [0.25, 0.3) is 5.56 Å². The van der Waals surface area contributed by atoms with Crippen molar-refractivity contribution >= 4 is 23.1 Å². The molecule has 0 aromatic carbocycles. The molecule has 2 aromatic rings. The molecule has 0 spiro atoms. The van der Waals surface area contributed by atoms with Crippen molar-refractivity contribution in [2.24, 2.45) is 0 Å². The molecule has 0 N–H and O–H groups in total. The molecule has 2 aromatic heterocycles. The molecule has 78 valence electrons. The van der Waals surface area contributed by atoms with E-state index in [1.54, 1.807) is 23.8 Å². The Hall–Kier alpha value is -1.20. The number of hydrogen-bond donors (Lipinski definition) is 0. The number of rotatable bonds is 2. The monoisotopic (exact) mass is 241 g/mol. The summed E-state index contributed by atoms with van der Waals surface area (Å²) in [4.78, 5) is 11.7. The average molecular weight is 242 g/mol. The molecule has 0 amide bonds. The zero-order valence-electron chi connectivity index (χ0n) is 7.98. The van der Waals surface area contributed by atoms with Gasteiger partial charge in [-0.05, 0) is 13.0 Å². The minimum Gasteiger partial charge on any atom is -0.309 e. The van der Waals surface area contributed by atoms with Crippen molar-refractivity contribution < 1.29 is 0 Å². The fraction of sp³-hybridized carbons (Fsp3) is 0.222. The van der Waals surface area contributed by atoms with Gasteiger partial charge in [0, 0.05) is 23.3 Å². The van der Waals surface area contributed by atoms with Gasteiger partial charge in [-0.15, -0.1) is 5.10 Å². The molecule has 0 saturated heterocycles. The lowest BCUT2D eigenvalue weighted by Crippen LogP contribution is -2.21. The van der Waals surface area contributed by atoms with E-state index in [1.165, 1.54) is 0 Å². The van der Waals surface area contributed by atoms with Crippen LogP contribution in [-0.4, -0.2) is 14.2 Å². The van der Waals surface area contributed by atoms with Gasteiger partial charge < -0.3 is 4.57 Å². The third kappa shape index (κ3) is 2.08. The van der Waals surface area contributed by atoms with Crippen molar-refractivity contribution in [2.75, 3.05) is 0 Å². The summed E-state index contributed by atoms with van der Waals surface area (Å²) in [5, 5.41) is 3.86. The quantitative estimate of drug-likeness (QED) is 0.804. The Bertz CT molecular complexity index is 534. The lowest BCUT2D eigenvalue weighted by molar-refractivity contribution is 0.730. The van der Waals surface area contributed by atoms with E-state index in [0.717, 1.165) is 11.5 Å². The summed E-state index contributed by atoms with van der Waals surface area (Å²) in [6, 6.07) is 3.60. The van der Waals surface area contributed by atoms with Gasteiger partial charge in [0.05, 0.1) is 6.54 Å². The van der Waals surface area contributed by atoms with Crippen molar-refractivity contribution in [1.82, 2.24) is 14.2 Å². The van der Waals surface area contributed by atoms with E-state index in [2.05, 4.69) is 9.59 Å². The second-order valence-electron chi connectivity index (χ2n) is 3.12. The highest BCUT2D eigenvalue weighted by Crippen LogP contribution is 2.17. The minimum atomic E-state index is -0.0263. The van der Waals surface area contributed by atoms with Crippen LogP contribution in [0, 0.1) is 6.92 Å². The number of hydrogen-bond acceptors (Lipinski definition) is 4. The van der Waals surface area contributed by atoms with E-state index in [1.807, 2.05) is 6.07 Å². The summed E-state index contributed by atoms with van der Waals surface area (Å²) < 4.78 is 5.81. The van der Waals surface area contributed by atoms with Gasteiger partial charge in [-0.2, -0.15) is 0 Å². The number of pyridine rings is 1. The highest BCUT2D eigenvalue weighted by atomic mass is 35.5. The van der Waals surface area contributed by atoms with Crippen LogP contribution in [0.25, 0.3) is 0 Å². The molecule has 0 aliphatic carbocycles. The molecule has 0 saturated carbocycles. The number of aromatic nitrogens is 3. The second-order valence-corrected chi connectivity index (χ2v) is 4.47. The molecular formula is C9H8ClN3OS. The van der Waals surface area contributed by atoms with E-state index in [0.29, 0.717) is 22.1 Å². The summed E-state index contributed by atoms with van der Waals surface area (Å²) in [6.45, 7) is 2.15. The van der Waals surface area contributed by atoms with Gasteiger partial charge in [-0.3, -0.25) is 4.79 Å². The molecule has 15 heavy (non-hydrogen) atoms. The van der Waals surface area contributed by atoms with Crippen LogP contribution in [0.15, 0.2) is 23.1 Å². The van der Waals surface area contributed by atoms with Crippen molar-refractivity contribution in [1.29, 1.82) is 0 Å². The second kappa shape index (κ2) is 4.12. The van der Waals surface area contributed by atoms with Crippen molar-refractivity contribution in [2.45, 2.75) is 13.5 Å². The minimum absolute atomic E-state index is 0.0263. The van der Waals surface area contributed by atoms with Crippen LogP contribution >= 0.6 is 23.1 Å². The zero-order valence-corrected chi connectivity index (χ0v) is 9.55. The van der Waals surface area contributed by atoms with E-state index in [-0.39, 0.29) is 5.56 Å². The Balaban J connectivity index is 2.37. The lowest BCUT2D eigenvalue weighted by Gasteiger charge is -2.03. The Morgan fingerprint density at radius 1 is 1.60 bits per heavy atom. The summed E-state index contributed by atoms with van der Waals surface area (Å²) in [5.74, 6) is 0. The predicted octanol–water partition coefficient (Wildman–Crippen LogP) is 1.71. The van der Waals surface area contributed by atoms with Crippen LogP contribution in [0.1, 0.15) is 11.3 Å². The molecule has 0 fully saturated rings. The van der Waals surface area contributed by atoms with E-state index in [9.17, 15) is 4.79 Å². The van der Waals surface area contributed by atoms with Gasteiger partial charge >= 0.3 is 0 Å². The largest absolute Gasteiger partial charge is 0.309 e. The number of nitrogens with zero attached hydrogens (tertiary/aromatic N) is 3. The molecule has 4 nitrogen and oxygen atoms in total. The highest BCUT2D eigenvalue weighted by molar-refractivity contribution is 7.10. The Morgan fingerprint density at radius 2 is 2.40 bits per heavy atom. The Kier molecular flexibility index (Phi) is 2.83. The van der Waals surface area contributed by atoms with Gasteiger partial charge in [0.15, 0.2) is 0 Å². The maximum Gasteiger partial charge on any atom is 0.253 e. The Morgan fingerprint density at radius 3 is 3.07 bits per heavy atom.